The van der Waals surface area contributed by atoms with E-state index in [-0.39, 0.29) is 12.4 Å². The molecule has 1 aromatic carbocycles. The Kier molecular flexibility index (Phi) is 8.33. The fourth-order valence-corrected chi connectivity index (χ4v) is 5.88. The van der Waals surface area contributed by atoms with Gasteiger partial charge in [0.05, 0.1) is 6.54 Å². The van der Waals surface area contributed by atoms with Crippen molar-refractivity contribution in [3.63, 3.8) is 0 Å². The molecular weight excluding hydrogens is 385 g/mol. The maximum atomic E-state index is 6.72. The number of rotatable bonds is 2. The molecule has 156 valence electrons. The molecule has 0 atom stereocenters. The van der Waals surface area contributed by atoms with Crippen LogP contribution < -0.4 is 0 Å². The lowest BCUT2D eigenvalue weighted by atomic mass is 9.60. The number of hydrogen-bond acceptors (Lipinski definition) is 1. The van der Waals surface area contributed by atoms with E-state index in [0.717, 1.165) is 17.1 Å². The number of nitrogens with zero attached hydrogens (tertiary/aromatic N) is 1. The number of hydrogen-bond donors (Lipinski definition) is 0. The first-order chi connectivity index (χ1) is 12.7. The van der Waals surface area contributed by atoms with Crippen molar-refractivity contribution in [3.8, 4) is 11.8 Å². The third-order valence-electron chi connectivity index (χ3n) is 6.23. The monoisotopic (exact) mass is 421 g/mol. The van der Waals surface area contributed by atoms with Crippen molar-refractivity contribution in [1.82, 2.24) is 4.90 Å². The predicted octanol–water partition coefficient (Wildman–Crippen LogP) is 7.31. The summed E-state index contributed by atoms with van der Waals surface area (Å²) in [5, 5.41) is 0.898. The van der Waals surface area contributed by atoms with E-state index < -0.39 is 0 Å². The molecule has 3 rings (SSSR count). The van der Waals surface area contributed by atoms with Crippen LogP contribution in [0.3, 0.4) is 0 Å². The average Bonchev–Trinajstić information content (AvgIpc) is 2.81. The second kappa shape index (κ2) is 9.88. The van der Waals surface area contributed by atoms with Gasteiger partial charge in [0.25, 0.3) is 0 Å². The summed E-state index contributed by atoms with van der Waals surface area (Å²) in [5.41, 5.74) is 3.12. The summed E-state index contributed by atoms with van der Waals surface area (Å²) in [4.78, 5) is 2.49. The zero-order chi connectivity index (χ0) is 19.5. The minimum atomic E-state index is 0. The third-order valence-corrected chi connectivity index (χ3v) is 6.56. The minimum absolute atomic E-state index is 0. The van der Waals surface area contributed by atoms with Crippen molar-refractivity contribution in [3.05, 3.63) is 34.3 Å². The molecule has 1 aliphatic carbocycles. The smallest absolute Gasteiger partial charge is 0.0605 e. The van der Waals surface area contributed by atoms with Crippen molar-refractivity contribution < 1.29 is 0 Å². The summed E-state index contributed by atoms with van der Waals surface area (Å²) in [6.45, 7) is 12.9. The van der Waals surface area contributed by atoms with Crippen molar-refractivity contribution in [2.45, 2.75) is 78.6 Å². The van der Waals surface area contributed by atoms with Gasteiger partial charge in [-0.2, -0.15) is 0 Å². The summed E-state index contributed by atoms with van der Waals surface area (Å²) in [5.74, 6) is 7.26. The van der Waals surface area contributed by atoms with Crippen molar-refractivity contribution in [2.24, 2.45) is 10.8 Å². The predicted molar refractivity (Wildman–Crippen MR) is 125 cm³/mol. The molecule has 2 aliphatic rings. The SMILES string of the molecule is CC1(C)CC(c2ccc(C#CCN3CCCCCC3)cc2Cl)CC(C)(C)C1.Cl. The fraction of sp³-hybridized carbons (Fsp3) is 0.680. The molecule has 0 radical (unpaired) electrons. The van der Waals surface area contributed by atoms with Gasteiger partial charge in [-0.1, -0.05) is 70.0 Å². The standard InChI is InChI=1S/C25H36ClN.ClH/c1-24(2)17-21(18-25(3,4)19-24)22-12-11-20(16-23(22)26)10-9-15-27-13-7-5-6-8-14-27;/h11-12,16,21H,5-8,13-15,17-19H2,1-4H3;1H. The molecule has 1 aromatic rings. The van der Waals surface area contributed by atoms with E-state index in [1.165, 1.54) is 63.6 Å². The van der Waals surface area contributed by atoms with Crippen molar-refractivity contribution >= 4 is 24.0 Å². The van der Waals surface area contributed by atoms with Crippen LogP contribution >= 0.6 is 24.0 Å². The van der Waals surface area contributed by atoms with Gasteiger partial charge in [-0.15, -0.1) is 12.4 Å². The summed E-state index contributed by atoms with van der Waals surface area (Å²) in [6, 6.07) is 6.49. The van der Waals surface area contributed by atoms with Gasteiger partial charge in [0.2, 0.25) is 0 Å². The summed E-state index contributed by atoms with van der Waals surface area (Å²) < 4.78 is 0. The summed E-state index contributed by atoms with van der Waals surface area (Å²) in [6.07, 6.45) is 9.10. The van der Waals surface area contributed by atoms with Gasteiger partial charge in [-0.25, -0.2) is 0 Å². The van der Waals surface area contributed by atoms with Gasteiger partial charge in [0.15, 0.2) is 0 Å². The van der Waals surface area contributed by atoms with Gasteiger partial charge in [0.1, 0.15) is 0 Å². The minimum Gasteiger partial charge on any atom is -0.292 e. The summed E-state index contributed by atoms with van der Waals surface area (Å²) in [7, 11) is 0. The molecule has 1 saturated carbocycles. The van der Waals surface area contributed by atoms with Gasteiger partial charge in [-0.05, 0) is 79.6 Å². The Morgan fingerprint density at radius 1 is 1.00 bits per heavy atom. The molecule has 0 unspecified atom stereocenters. The van der Waals surface area contributed by atoms with Gasteiger partial charge in [0, 0.05) is 10.6 Å². The topological polar surface area (TPSA) is 3.24 Å². The first kappa shape index (κ1) is 23.6. The largest absolute Gasteiger partial charge is 0.292 e. The normalized spacial score (nSPS) is 22.5. The van der Waals surface area contributed by atoms with E-state index in [9.17, 15) is 0 Å². The van der Waals surface area contributed by atoms with Crippen LogP contribution in [0.2, 0.25) is 5.02 Å². The first-order valence-corrected chi connectivity index (χ1v) is 11.1. The Morgan fingerprint density at radius 2 is 1.61 bits per heavy atom. The number of halogens is 2. The molecule has 0 aromatic heterocycles. The molecule has 0 spiro atoms. The highest BCUT2D eigenvalue weighted by molar-refractivity contribution is 6.31. The van der Waals surface area contributed by atoms with Crippen LogP contribution in [0.15, 0.2) is 18.2 Å². The van der Waals surface area contributed by atoms with Gasteiger partial charge >= 0.3 is 0 Å². The lowest BCUT2D eigenvalue weighted by Gasteiger charge is -2.45. The highest BCUT2D eigenvalue weighted by atomic mass is 35.5. The maximum Gasteiger partial charge on any atom is 0.0605 e. The highest BCUT2D eigenvalue weighted by Crippen LogP contribution is 2.52. The van der Waals surface area contributed by atoms with Gasteiger partial charge in [-0.3, -0.25) is 4.90 Å². The Hall–Kier alpha value is -0.680. The fourth-order valence-electron chi connectivity index (χ4n) is 5.55. The molecule has 1 aliphatic heterocycles. The van der Waals surface area contributed by atoms with E-state index in [2.05, 4.69) is 62.6 Å². The zero-order valence-electron chi connectivity index (χ0n) is 18.1. The average molecular weight is 422 g/mol. The molecule has 0 amide bonds. The van der Waals surface area contributed by atoms with Crippen LogP contribution in [-0.4, -0.2) is 24.5 Å². The van der Waals surface area contributed by atoms with Gasteiger partial charge < -0.3 is 0 Å². The third kappa shape index (κ3) is 6.69. The maximum absolute atomic E-state index is 6.72. The second-order valence-electron chi connectivity index (χ2n) is 10.3. The summed E-state index contributed by atoms with van der Waals surface area (Å²) >= 11 is 6.72. The Balaban J connectivity index is 0.00000280. The van der Waals surface area contributed by atoms with Crippen LogP contribution in [0.4, 0.5) is 0 Å². The first-order valence-electron chi connectivity index (χ1n) is 10.7. The van der Waals surface area contributed by atoms with Crippen molar-refractivity contribution in [2.75, 3.05) is 19.6 Å². The lowest BCUT2D eigenvalue weighted by Crippen LogP contribution is -2.33. The molecule has 1 saturated heterocycles. The Morgan fingerprint density at radius 3 is 2.18 bits per heavy atom. The van der Waals surface area contributed by atoms with Crippen molar-refractivity contribution in [1.29, 1.82) is 0 Å². The van der Waals surface area contributed by atoms with Crippen LogP contribution in [-0.2, 0) is 0 Å². The Labute approximate surface area is 184 Å². The second-order valence-corrected chi connectivity index (χ2v) is 10.7. The quantitative estimate of drug-likeness (QED) is 0.452. The van der Waals surface area contributed by atoms with E-state index >= 15 is 0 Å². The lowest BCUT2D eigenvalue weighted by molar-refractivity contribution is 0.0969. The molecule has 0 N–H and O–H groups in total. The Bertz CT molecular complexity index is 687. The molecule has 0 bridgehead atoms. The molecule has 1 nitrogen and oxygen atoms in total. The van der Waals surface area contributed by atoms with E-state index in [1.807, 2.05) is 0 Å². The van der Waals surface area contributed by atoms with Crippen LogP contribution in [0.25, 0.3) is 0 Å². The van der Waals surface area contributed by atoms with E-state index in [1.54, 1.807) is 0 Å². The zero-order valence-corrected chi connectivity index (χ0v) is 19.7. The van der Waals surface area contributed by atoms with E-state index in [0.29, 0.717) is 16.7 Å². The molecule has 28 heavy (non-hydrogen) atoms. The highest BCUT2D eigenvalue weighted by Gasteiger charge is 2.39. The molecule has 2 fully saturated rings. The van der Waals surface area contributed by atoms with Crippen LogP contribution in [0.1, 0.15) is 89.7 Å². The van der Waals surface area contributed by atoms with Crippen LogP contribution in [0.5, 0.6) is 0 Å². The number of likely N-dealkylation sites (tertiary alicyclic amines) is 1. The molecule has 1 heterocycles. The van der Waals surface area contributed by atoms with E-state index in [4.69, 9.17) is 11.6 Å². The molecule has 3 heteroatoms. The number of benzene rings is 1. The molecular formula is C25H37Cl2N. The van der Waals surface area contributed by atoms with Crippen LogP contribution in [0, 0.1) is 22.7 Å².